The number of rotatable bonds is 4. The predicted octanol–water partition coefficient (Wildman–Crippen LogP) is 3.79. The molecule has 1 aliphatic heterocycles. The van der Waals surface area contributed by atoms with Crippen LogP contribution in [-0.4, -0.2) is 25.9 Å². The summed E-state index contributed by atoms with van der Waals surface area (Å²) in [6, 6.07) is 13.1. The Labute approximate surface area is 151 Å². The Balaban J connectivity index is 1.68. The molecule has 0 saturated heterocycles. The number of carbonyl (C=O) groups excluding carboxylic acids is 1. The zero-order valence-electron chi connectivity index (χ0n) is 15.0. The highest BCUT2D eigenvalue weighted by atomic mass is 16.5. The molecule has 2 aromatic heterocycles. The summed E-state index contributed by atoms with van der Waals surface area (Å²) < 4.78 is 5.55. The summed E-state index contributed by atoms with van der Waals surface area (Å²) in [5.41, 5.74) is 3.33. The summed E-state index contributed by atoms with van der Waals surface area (Å²) >= 11 is 0. The maximum Gasteiger partial charge on any atom is 0.255 e. The number of pyridine rings is 1. The van der Waals surface area contributed by atoms with Crippen molar-refractivity contribution in [1.82, 2.24) is 20.0 Å². The molecule has 26 heavy (non-hydrogen) atoms. The molecule has 4 rings (SSSR count). The molecule has 132 valence electrons. The zero-order chi connectivity index (χ0) is 18.3. The standard InChI is InChI=1S/C20H20N4O2/c1-12(2)17(24-11-14-8-4-5-9-15(14)20(24)25)19-22-18(23-26-19)16-10-6-7-13(3)21-16/h4-10,12,17H,11H2,1-3H3/t17-/m1/s1. The van der Waals surface area contributed by atoms with Crippen LogP contribution in [0.15, 0.2) is 47.0 Å². The van der Waals surface area contributed by atoms with Crippen molar-refractivity contribution in [3.8, 4) is 11.5 Å². The fourth-order valence-corrected chi connectivity index (χ4v) is 3.41. The number of nitrogens with zero attached hydrogens (tertiary/aromatic N) is 4. The minimum Gasteiger partial charge on any atom is -0.337 e. The molecule has 3 aromatic rings. The fourth-order valence-electron chi connectivity index (χ4n) is 3.41. The molecule has 0 spiro atoms. The second-order valence-corrected chi connectivity index (χ2v) is 6.90. The van der Waals surface area contributed by atoms with Crippen molar-refractivity contribution in [2.24, 2.45) is 5.92 Å². The molecule has 0 unspecified atom stereocenters. The van der Waals surface area contributed by atoms with E-state index in [9.17, 15) is 4.79 Å². The lowest BCUT2D eigenvalue weighted by molar-refractivity contribution is 0.0596. The summed E-state index contributed by atoms with van der Waals surface area (Å²) in [4.78, 5) is 23.7. The average Bonchev–Trinajstić information content (AvgIpc) is 3.22. The van der Waals surface area contributed by atoms with E-state index >= 15 is 0 Å². The molecule has 6 heteroatoms. The second-order valence-electron chi connectivity index (χ2n) is 6.90. The fraction of sp³-hybridized carbons (Fsp3) is 0.300. The highest BCUT2D eigenvalue weighted by Crippen LogP contribution is 2.35. The quantitative estimate of drug-likeness (QED) is 0.717. The summed E-state index contributed by atoms with van der Waals surface area (Å²) in [6.45, 7) is 6.57. The highest BCUT2D eigenvalue weighted by Gasteiger charge is 2.37. The highest BCUT2D eigenvalue weighted by molar-refractivity contribution is 5.98. The first-order chi connectivity index (χ1) is 12.5. The largest absolute Gasteiger partial charge is 0.337 e. The molecule has 0 fully saturated rings. The maximum atomic E-state index is 12.9. The molecular weight excluding hydrogens is 328 g/mol. The van der Waals surface area contributed by atoms with E-state index in [1.54, 1.807) is 0 Å². The molecule has 3 heterocycles. The number of benzene rings is 1. The predicted molar refractivity (Wildman–Crippen MR) is 96.2 cm³/mol. The Bertz CT molecular complexity index is 964. The Kier molecular flexibility index (Phi) is 4.03. The zero-order valence-corrected chi connectivity index (χ0v) is 15.0. The number of fused-ring (bicyclic) bond motifs is 1. The van der Waals surface area contributed by atoms with Gasteiger partial charge in [-0.05, 0) is 36.6 Å². The number of aryl methyl sites for hydroxylation is 1. The van der Waals surface area contributed by atoms with Gasteiger partial charge >= 0.3 is 0 Å². The minimum absolute atomic E-state index is 0.00716. The molecule has 1 atom stereocenters. The van der Waals surface area contributed by atoms with Gasteiger partial charge in [0.2, 0.25) is 11.7 Å². The van der Waals surface area contributed by atoms with Crippen LogP contribution in [0.2, 0.25) is 0 Å². The first-order valence-corrected chi connectivity index (χ1v) is 8.71. The molecule has 0 N–H and O–H groups in total. The molecule has 0 bridgehead atoms. The van der Waals surface area contributed by atoms with Crippen molar-refractivity contribution in [3.63, 3.8) is 0 Å². The van der Waals surface area contributed by atoms with E-state index in [1.807, 2.05) is 54.3 Å². The van der Waals surface area contributed by atoms with Crippen LogP contribution in [0, 0.1) is 12.8 Å². The van der Waals surface area contributed by atoms with Gasteiger partial charge in [-0.1, -0.05) is 43.3 Å². The monoisotopic (exact) mass is 348 g/mol. The summed E-state index contributed by atoms with van der Waals surface area (Å²) in [5.74, 6) is 1.03. The SMILES string of the molecule is Cc1cccc(-c2noc([C@@H](C(C)C)N3Cc4ccccc4C3=O)n2)n1. The van der Waals surface area contributed by atoms with E-state index in [1.165, 1.54) is 0 Å². The molecule has 0 radical (unpaired) electrons. The Morgan fingerprint density at radius 3 is 2.62 bits per heavy atom. The first kappa shape index (κ1) is 16.4. The van der Waals surface area contributed by atoms with Gasteiger partial charge in [0.1, 0.15) is 11.7 Å². The molecule has 1 aliphatic rings. The number of amides is 1. The third-order valence-electron chi connectivity index (χ3n) is 4.63. The maximum absolute atomic E-state index is 12.9. The molecule has 1 amide bonds. The molecule has 0 aliphatic carbocycles. The molecular formula is C20H20N4O2. The van der Waals surface area contributed by atoms with E-state index in [-0.39, 0.29) is 17.9 Å². The van der Waals surface area contributed by atoms with Crippen LogP contribution in [0.5, 0.6) is 0 Å². The van der Waals surface area contributed by atoms with Gasteiger partial charge in [0, 0.05) is 17.8 Å². The van der Waals surface area contributed by atoms with Gasteiger partial charge in [-0.3, -0.25) is 4.79 Å². The van der Waals surface area contributed by atoms with Crippen molar-refractivity contribution in [2.45, 2.75) is 33.4 Å². The lowest BCUT2D eigenvalue weighted by Gasteiger charge is -2.27. The Morgan fingerprint density at radius 1 is 1.08 bits per heavy atom. The van der Waals surface area contributed by atoms with Crippen LogP contribution in [0.3, 0.4) is 0 Å². The Morgan fingerprint density at radius 2 is 1.88 bits per heavy atom. The van der Waals surface area contributed by atoms with Crippen LogP contribution in [-0.2, 0) is 6.54 Å². The van der Waals surface area contributed by atoms with E-state index in [0.29, 0.717) is 24.0 Å². The molecule has 0 saturated carbocycles. The van der Waals surface area contributed by atoms with Gasteiger partial charge < -0.3 is 9.42 Å². The van der Waals surface area contributed by atoms with Gasteiger partial charge in [-0.25, -0.2) is 4.98 Å². The average molecular weight is 348 g/mol. The van der Waals surface area contributed by atoms with Crippen molar-refractivity contribution in [1.29, 1.82) is 0 Å². The first-order valence-electron chi connectivity index (χ1n) is 8.71. The molecule has 1 aromatic carbocycles. The summed E-state index contributed by atoms with van der Waals surface area (Å²) in [6.07, 6.45) is 0. The normalized spacial score (nSPS) is 14.8. The van der Waals surface area contributed by atoms with Gasteiger partial charge in [0.25, 0.3) is 5.91 Å². The van der Waals surface area contributed by atoms with Crippen molar-refractivity contribution in [3.05, 3.63) is 65.2 Å². The van der Waals surface area contributed by atoms with E-state index in [4.69, 9.17) is 4.52 Å². The third kappa shape index (κ3) is 2.77. The Hall–Kier alpha value is -3.02. The summed E-state index contributed by atoms with van der Waals surface area (Å²) in [7, 11) is 0. The number of carbonyl (C=O) groups is 1. The van der Waals surface area contributed by atoms with Crippen molar-refractivity contribution in [2.75, 3.05) is 0 Å². The summed E-state index contributed by atoms with van der Waals surface area (Å²) in [5, 5.41) is 4.09. The number of hydrogen-bond donors (Lipinski definition) is 0. The lowest BCUT2D eigenvalue weighted by atomic mass is 10.0. The number of hydrogen-bond acceptors (Lipinski definition) is 5. The second kappa shape index (κ2) is 6.37. The lowest BCUT2D eigenvalue weighted by Crippen LogP contribution is -2.32. The van der Waals surface area contributed by atoms with Gasteiger partial charge in [-0.2, -0.15) is 4.98 Å². The van der Waals surface area contributed by atoms with Crippen LogP contribution >= 0.6 is 0 Å². The van der Waals surface area contributed by atoms with E-state index in [2.05, 4.69) is 29.0 Å². The van der Waals surface area contributed by atoms with Gasteiger partial charge in [-0.15, -0.1) is 0 Å². The van der Waals surface area contributed by atoms with Gasteiger partial charge in [0.15, 0.2) is 0 Å². The third-order valence-corrected chi connectivity index (χ3v) is 4.63. The van der Waals surface area contributed by atoms with Crippen LogP contribution in [0.25, 0.3) is 11.5 Å². The minimum atomic E-state index is -0.277. The van der Waals surface area contributed by atoms with Crippen LogP contribution in [0.1, 0.15) is 47.4 Å². The van der Waals surface area contributed by atoms with Crippen molar-refractivity contribution < 1.29 is 9.32 Å². The smallest absolute Gasteiger partial charge is 0.255 e. The van der Waals surface area contributed by atoms with Crippen LogP contribution in [0.4, 0.5) is 0 Å². The van der Waals surface area contributed by atoms with Crippen molar-refractivity contribution >= 4 is 5.91 Å². The molecule has 6 nitrogen and oxygen atoms in total. The van der Waals surface area contributed by atoms with E-state index in [0.717, 1.165) is 16.8 Å². The topological polar surface area (TPSA) is 72.1 Å². The van der Waals surface area contributed by atoms with Gasteiger partial charge in [0.05, 0.1) is 0 Å². The number of aromatic nitrogens is 3. The van der Waals surface area contributed by atoms with Crippen LogP contribution < -0.4 is 0 Å². The van der Waals surface area contributed by atoms with E-state index < -0.39 is 0 Å².